The maximum atomic E-state index is 5.13. The molecular weight excluding hydrogens is 283 g/mol. The molecule has 0 aliphatic carbocycles. The zero-order chi connectivity index (χ0) is 12.5. The van der Waals surface area contributed by atoms with Crippen LogP contribution in [0.2, 0.25) is 0 Å². The Bertz CT molecular complexity index is 303. The predicted octanol–water partition coefficient (Wildman–Crippen LogP) is 2.97. The summed E-state index contributed by atoms with van der Waals surface area (Å²) in [6.07, 6.45) is 0. The van der Waals surface area contributed by atoms with Gasteiger partial charge in [-0.1, -0.05) is 26.0 Å². The molecule has 0 fully saturated rings. The molecule has 0 heterocycles. The topological polar surface area (TPSA) is 24.5 Å². The Kier molecular flexibility index (Phi) is 13.8. The van der Waals surface area contributed by atoms with Crippen molar-refractivity contribution in [1.82, 2.24) is 10.2 Å². The van der Waals surface area contributed by atoms with Crippen LogP contribution in [-0.4, -0.2) is 38.2 Å². The fraction of sp³-hybridized carbons (Fsp3) is 0.571. The number of nitrogens with zero attached hydrogens (tertiary/aromatic N) is 1. The molecule has 0 amide bonds. The van der Waals surface area contributed by atoms with E-state index in [9.17, 15) is 0 Å². The van der Waals surface area contributed by atoms with E-state index in [1.165, 1.54) is 5.56 Å². The van der Waals surface area contributed by atoms with Crippen LogP contribution in [0.15, 0.2) is 24.3 Å². The highest BCUT2D eigenvalue weighted by Crippen LogP contribution is 2.10. The molecular formula is C14H26Cl2N2O. The van der Waals surface area contributed by atoms with Gasteiger partial charge in [0.2, 0.25) is 0 Å². The zero-order valence-electron chi connectivity index (χ0n) is 12.0. The summed E-state index contributed by atoms with van der Waals surface area (Å²) in [5, 5.41) is 3.46. The van der Waals surface area contributed by atoms with E-state index in [1.807, 2.05) is 12.1 Å². The number of hydrogen-bond acceptors (Lipinski definition) is 3. The minimum absolute atomic E-state index is 0. The molecule has 0 aromatic heterocycles. The highest BCUT2D eigenvalue weighted by molar-refractivity contribution is 5.85. The lowest BCUT2D eigenvalue weighted by atomic mass is 10.2. The first-order chi connectivity index (χ1) is 8.30. The molecule has 0 unspecified atom stereocenters. The minimum Gasteiger partial charge on any atom is -0.497 e. The summed E-state index contributed by atoms with van der Waals surface area (Å²) in [5.74, 6) is 0.914. The fourth-order valence-electron chi connectivity index (χ4n) is 1.75. The summed E-state index contributed by atoms with van der Waals surface area (Å²) in [5.41, 5.74) is 1.30. The number of halogens is 2. The van der Waals surface area contributed by atoms with Gasteiger partial charge in [-0.15, -0.1) is 24.8 Å². The lowest BCUT2D eigenvalue weighted by Gasteiger charge is -2.18. The molecule has 0 aliphatic rings. The standard InChI is InChI=1S/C14H24N2O.2ClH/c1-4-16(5-2)11-10-15-12-13-6-8-14(17-3)9-7-13;;/h6-9,15H,4-5,10-12H2,1-3H3;2*1H. The van der Waals surface area contributed by atoms with Crippen LogP contribution in [0.25, 0.3) is 0 Å². The van der Waals surface area contributed by atoms with E-state index in [-0.39, 0.29) is 24.8 Å². The van der Waals surface area contributed by atoms with Gasteiger partial charge in [0.1, 0.15) is 5.75 Å². The molecule has 112 valence electrons. The average molecular weight is 309 g/mol. The van der Waals surface area contributed by atoms with Crippen molar-refractivity contribution in [3.8, 4) is 5.75 Å². The summed E-state index contributed by atoms with van der Waals surface area (Å²) in [4.78, 5) is 2.42. The van der Waals surface area contributed by atoms with Gasteiger partial charge in [0.15, 0.2) is 0 Å². The molecule has 1 aromatic rings. The van der Waals surface area contributed by atoms with E-state index in [0.717, 1.165) is 38.5 Å². The van der Waals surface area contributed by atoms with E-state index < -0.39 is 0 Å². The molecule has 3 nitrogen and oxygen atoms in total. The Morgan fingerprint density at radius 1 is 1.05 bits per heavy atom. The Hall–Kier alpha value is -0.480. The molecule has 0 atom stereocenters. The van der Waals surface area contributed by atoms with Crippen molar-refractivity contribution in [3.05, 3.63) is 29.8 Å². The monoisotopic (exact) mass is 308 g/mol. The smallest absolute Gasteiger partial charge is 0.118 e. The molecule has 5 heteroatoms. The fourth-order valence-corrected chi connectivity index (χ4v) is 1.75. The average Bonchev–Trinajstić information content (AvgIpc) is 2.40. The van der Waals surface area contributed by atoms with Crippen LogP contribution < -0.4 is 10.1 Å². The second-order valence-electron chi connectivity index (χ2n) is 4.05. The van der Waals surface area contributed by atoms with E-state index in [4.69, 9.17) is 4.74 Å². The molecule has 0 spiro atoms. The molecule has 19 heavy (non-hydrogen) atoms. The van der Waals surface area contributed by atoms with E-state index in [2.05, 4.69) is 36.2 Å². The Morgan fingerprint density at radius 2 is 1.63 bits per heavy atom. The third-order valence-corrected chi connectivity index (χ3v) is 2.99. The Morgan fingerprint density at radius 3 is 2.11 bits per heavy atom. The van der Waals surface area contributed by atoms with Gasteiger partial charge in [-0.05, 0) is 30.8 Å². The lowest BCUT2D eigenvalue weighted by molar-refractivity contribution is 0.302. The number of ether oxygens (including phenoxy) is 1. The molecule has 1 aromatic carbocycles. The van der Waals surface area contributed by atoms with Gasteiger partial charge in [0.25, 0.3) is 0 Å². The zero-order valence-corrected chi connectivity index (χ0v) is 13.6. The van der Waals surface area contributed by atoms with Crippen molar-refractivity contribution in [2.45, 2.75) is 20.4 Å². The van der Waals surface area contributed by atoms with Crippen LogP contribution in [0.4, 0.5) is 0 Å². The summed E-state index contributed by atoms with van der Waals surface area (Å²) in [6, 6.07) is 8.20. The Balaban J connectivity index is 0. The summed E-state index contributed by atoms with van der Waals surface area (Å²) < 4.78 is 5.13. The van der Waals surface area contributed by atoms with Gasteiger partial charge in [-0.2, -0.15) is 0 Å². The number of methoxy groups -OCH3 is 1. The van der Waals surface area contributed by atoms with Crippen molar-refractivity contribution in [2.75, 3.05) is 33.3 Å². The SMILES string of the molecule is CCN(CC)CCNCc1ccc(OC)cc1.Cl.Cl. The van der Waals surface area contributed by atoms with Crippen LogP contribution in [0, 0.1) is 0 Å². The molecule has 0 saturated heterocycles. The number of hydrogen-bond donors (Lipinski definition) is 1. The predicted molar refractivity (Wildman–Crippen MR) is 87.0 cm³/mol. The Labute approximate surface area is 129 Å². The number of likely N-dealkylation sites (N-methyl/N-ethyl adjacent to an activating group) is 1. The molecule has 0 saturated carbocycles. The highest BCUT2D eigenvalue weighted by atomic mass is 35.5. The lowest BCUT2D eigenvalue weighted by Crippen LogP contribution is -2.31. The first kappa shape index (κ1) is 20.8. The van der Waals surface area contributed by atoms with Crippen molar-refractivity contribution in [2.24, 2.45) is 0 Å². The molecule has 1 N–H and O–H groups in total. The van der Waals surface area contributed by atoms with E-state index >= 15 is 0 Å². The van der Waals surface area contributed by atoms with Crippen LogP contribution in [-0.2, 0) is 6.54 Å². The van der Waals surface area contributed by atoms with Crippen molar-refractivity contribution in [3.63, 3.8) is 0 Å². The van der Waals surface area contributed by atoms with Crippen LogP contribution in [0.3, 0.4) is 0 Å². The third kappa shape index (κ3) is 8.32. The second kappa shape index (κ2) is 12.5. The normalized spacial score (nSPS) is 9.68. The highest BCUT2D eigenvalue weighted by Gasteiger charge is 1.98. The number of rotatable bonds is 8. The van der Waals surface area contributed by atoms with Crippen LogP contribution in [0.5, 0.6) is 5.75 Å². The quantitative estimate of drug-likeness (QED) is 0.747. The summed E-state index contributed by atoms with van der Waals surface area (Å²) in [6.45, 7) is 9.73. The summed E-state index contributed by atoms with van der Waals surface area (Å²) in [7, 11) is 1.69. The van der Waals surface area contributed by atoms with Gasteiger partial charge in [-0.3, -0.25) is 0 Å². The van der Waals surface area contributed by atoms with Crippen molar-refractivity contribution in [1.29, 1.82) is 0 Å². The molecule has 0 radical (unpaired) electrons. The van der Waals surface area contributed by atoms with Crippen LogP contribution >= 0.6 is 24.8 Å². The number of benzene rings is 1. The van der Waals surface area contributed by atoms with Gasteiger partial charge in [0, 0.05) is 19.6 Å². The first-order valence-corrected chi connectivity index (χ1v) is 6.36. The van der Waals surface area contributed by atoms with Crippen molar-refractivity contribution < 1.29 is 4.74 Å². The van der Waals surface area contributed by atoms with Gasteiger partial charge >= 0.3 is 0 Å². The third-order valence-electron chi connectivity index (χ3n) is 2.99. The van der Waals surface area contributed by atoms with Crippen LogP contribution in [0.1, 0.15) is 19.4 Å². The minimum atomic E-state index is 0. The van der Waals surface area contributed by atoms with E-state index in [0.29, 0.717) is 0 Å². The molecule has 1 rings (SSSR count). The van der Waals surface area contributed by atoms with Crippen molar-refractivity contribution >= 4 is 24.8 Å². The van der Waals surface area contributed by atoms with Gasteiger partial charge in [-0.25, -0.2) is 0 Å². The van der Waals surface area contributed by atoms with E-state index in [1.54, 1.807) is 7.11 Å². The van der Waals surface area contributed by atoms with Gasteiger partial charge < -0.3 is 15.0 Å². The second-order valence-corrected chi connectivity index (χ2v) is 4.05. The maximum Gasteiger partial charge on any atom is 0.118 e. The molecule has 0 bridgehead atoms. The largest absolute Gasteiger partial charge is 0.497 e. The molecule has 0 aliphatic heterocycles. The van der Waals surface area contributed by atoms with Gasteiger partial charge in [0.05, 0.1) is 7.11 Å². The number of nitrogens with one attached hydrogen (secondary N) is 1. The first-order valence-electron chi connectivity index (χ1n) is 6.36. The summed E-state index contributed by atoms with van der Waals surface area (Å²) >= 11 is 0. The maximum absolute atomic E-state index is 5.13.